The van der Waals surface area contributed by atoms with Gasteiger partial charge in [0.2, 0.25) is 0 Å². The van der Waals surface area contributed by atoms with E-state index in [0.29, 0.717) is 16.3 Å². The summed E-state index contributed by atoms with van der Waals surface area (Å²) in [5, 5.41) is 25.7. The van der Waals surface area contributed by atoms with Crippen molar-refractivity contribution in [2.45, 2.75) is 4.90 Å². The summed E-state index contributed by atoms with van der Waals surface area (Å²) >= 11 is 5.79. The Morgan fingerprint density at radius 1 is 1.12 bits per heavy atom. The minimum atomic E-state index is -4.09. The number of hydrogen-bond donors (Lipinski definition) is 3. The van der Waals surface area contributed by atoms with Gasteiger partial charge in [0.1, 0.15) is 17.2 Å². The molecule has 166 valence electrons. The van der Waals surface area contributed by atoms with Gasteiger partial charge in [-0.05, 0) is 54.6 Å². The van der Waals surface area contributed by atoms with Crippen molar-refractivity contribution in [1.82, 2.24) is 0 Å². The standard InChI is InChI=1S/C20H17ClN4O6S/c1-31-16-6-9-20(26)13(10-16)12-22-23-18-8-7-17(11-19(18)25(27)28)32(29,30)24-15-4-2-14(21)3-5-15/h2-12,23-24,26H,1H3/b22-12+. The van der Waals surface area contributed by atoms with E-state index in [1.807, 2.05) is 0 Å². The third-order valence-electron chi connectivity index (χ3n) is 4.20. The molecule has 0 spiro atoms. The second-order valence-corrected chi connectivity index (χ2v) is 8.46. The predicted octanol–water partition coefficient (Wildman–Crippen LogP) is 4.21. The maximum Gasteiger partial charge on any atom is 0.295 e. The summed E-state index contributed by atoms with van der Waals surface area (Å²) in [6, 6.07) is 13.8. The molecule has 32 heavy (non-hydrogen) atoms. The lowest BCUT2D eigenvalue weighted by Crippen LogP contribution is -2.13. The fourth-order valence-corrected chi connectivity index (χ4v) is 3.79. The molecule has 0 fully saturated rings. The average molecular weight is 477 g/mol. The van der Waals surface area contributed by atoms with Gasteiger partial charge in [0, 0.05) is 22.3 Å². The lowest BCUT2D eigenvalue weighted by atomic mass is 10.2. The van der Waals surface area contributed by atoms with Crippen LogP contribution in [0, 0.1) is 10.1 Å². The summed E-state index contributed by atoms with van der Waals surface area (Å²) in [7, 11) is -2.62. The van der Waals surface area contributed by atoms with Crippen LogP contribution in [0.4, 0.5) is 17.1 Å². The monoisotopic (exact) mass is 476 g/mol. The molecule has 0 amide bonds. The first-order valence-corrected chi connectivity index (χ1v) is 10.8. The van der Waals surface area contributed by atoms with Crippen LogP contribution in [-0.4, -0.2) is 31.8 Å². The highest BCUT2D eigenvalue weighted by Gasteiger charge is 2.21. The lowest BCUT2D eigenvalue weighted by Gasteiger charge is -2.09. The number of hydrogen-bond acceptors (Lipinski definition) is 8. The summed E-state index contributed by atoms with van der Waals surface area (Å²) in [5.74, 6) is 0.415. The van der Waals surface area contributed by atoms with Gasteiger partial charge in [0.05, 0.1) is 23.1 Å². The molecule has 3 aromatic rings. The molecule has 0 radical (unpaired) electrons. The maximum absolute atomic E-state index is 12.6. The second kappa shape index (κ2) is 9.54. The van der Waals surface area contributed by atoms with Crippen molar-refractivity contribution in [2.24, 2.45) is 5.10 Å². The number of phenols is 1. The number of nitro groups is 1. The van der Waals surface area contributed by atoms with Crippen LogP contribution in [0.5, 0.6) is 11.5 Å². The van der Waals surface area contributed by atoms with E-state index in [1.165, 1.54) is 61.9 Å². The number of halogens is 1. The highest BCUT2D eigenvalue weighted by Crippen LogP contribution is 2.29. The number of hydrazone groups is 1. The van der Waals surface area contributed by atoms with Gasteiger partial charge in [0.15, 0.2) is 0 Å². The van der Waals surface area contributed by atoms with E-state index >= 15 is 0 Å². The molecule has 0 bridgehead atoms. The number of sulfonamides is 1. The summed E-state index contributed by atoms with van der Waals surface area (Å²) in [5.41, 5.74) is 2.50. The van der Waals surface area contributed by atoms with Crippen LogP contribution in [0.25, 0.3) is 0 Å². The summed E-state index contributed by atoms with van der Waals surface area (Å²) in [4.78, 5) is 10.5. The molecule has 12 heteroatoms. The van der Waals surface area contributed by atoms with Crippen LogP contribution in [0.2, 0.25) is 5.02 Å². The van der Waals surface area contributed by atoms with E-state index < -0.39 is 20.6 Å². The quantitative estimate of drug-likeness (QED) is 0.251. The normalized spacial score (nSPS) is 11.3. The molecule has 0 saturated heterocycles. The molecule has 0 aromatic heterocycles. The maximum atomic E-state index is 12.6. The van der Waals surface area contributed by atoms with Crippen molar-refractivity contribution < 1.29 is 23.2 Å². The number of benzene rings is 3. The molecule has 0 aliphatic heterocycles. The molecule has 3 aromatic carbocycles. The second-order valence-electron chi connectivity index (χ2n) is 6.34. The zero-order valence-corrected chi connectivity index (χ0v) is 18.1. The Kier molecular flexibility index (Phi) is 6.81. The van der Waals surface area contributed by atoms with E-state index in [1.54, 1.807) is 6.07 Å². The third-order valence-corrected chi connectivity index (χ3v) is 5.83. The lowest BCUT2D eigenvalue weighted by molar-refractivity contribution is -0.384. The molecule has 3 N–H and O–H groups in total. The Bertz CT molecular complexity index is 1280. The van der Waals surface area contributed by atoms with Gasteiger partial charge >= 0.3 is 0 Å². The zero-order chi connectivity index (χ0) is 23.3. The summed E-state index contributed by atoms with van der Waals surface area (Å²) < 4.78 is 32.6. The Labute approximate surface area is 188 Å². The molecule has 10 nitrogen and oxygen atoms in total. The molecular weight excluding hydrogens is 460 g/mol. The van der Waals surface area contributed by atoms with Gasteiger partial charge in [-0.3, -0.25) is 20.3 Å². The minimum Gasteiger partial charge on any atom is -0.507 e. The zero-order valence-electron chi connectivity index (χ0n) is 16.5. The van der Waals surface area contributed by atoms with Crippen molar-refractivity contribution in [2.75, 3.05) is 17.3 Å². The number of aromatic hydroxyl groups is 1. The van der Waals surface area contributed by atoms with Crippen LogP contribution >= 0.6 is 11.6 Å². The third kappa shape index (κ3) is 5.45. The number of nitrogens with one attached hydrogen (secondary N) is 2. The highest BCUT2D eigenvalue weighted by molar-refractivity contribution is 7.92. The molecule has 0 unspecified atom stereocenters. The van der Waals surface area contributed by atoms with E-state index in [4.69, 9.17) is 16.3 Å². The van der Waals surface area contributed by atoms with E-state index in [9.17, 15) is 23.6 Å². The SMILES string of the molecule is COc1ccc(O)c(/C=N/Nc2ccc(S(=O)(=O)Nc3ccc(Cl)cc3)cc2[N+](=O)[O-])c1. The van der Waals surface area contributed by atoms with Gasteiger partial charge in [-0.1, -0.05) is 11.6 Å². The van der Waals surface area contributed by atoms with Crippen molar-refractivity contribution >= 4 is 44.9 Å². The topological polar surface area (TPSA) is 143 Å². The molecule has 3 rings (SSSR count). The number of methoxy groups -OCH3 is 1. The molecule has 0 heterocycles. The summed E-state index contributed by atoms with van der Waals surface area (Å²) in [6.45, 7) is 0. The Hall–Kier alpha value is -3.83. The van der Waals surface area contributed by atoms with Crippen molar-refractivity contribution in [3.05, 3.63) is 81.4 Å². The van der Waals surface area contributed by atoms with Gasteiger partial charge in [0.25, 0.3) is 15.7 Å². The summed E-state index contributed by atoms with van der Waals surface area (Å²) in [6.07, 6.45) is 1.24. The smallest absolute Gasteiger partial charge is 0.295 e. The Morgan fingerprint density at radius 3 is 2.50 bits per heavy atom. The fourth-order valence-electron chi connectivity index (χ4n) is 2.59. The first-order chi connectivity index (χ1) is 15.2. The Balaban J connectivity index is 1.84. The van der Waals surface area contributed by atoms with Crippen LogP contribution < -0.4 is 14.9 Å². The largest absolute Gasteiger partial charge is 0.507 e. The van der Waals surface area contributed by atoms with Gasteiger partial charge < -0.3 is 9.84 Å². The van der Waals surface area contributed by atoms with Gasteiger partial charge in [-0.25, -0.2) is 8.42 Å². The molecule has 0 atom stereocenters. The average Bonchev–Trinajstić information content (AvgIpc) is 2.76. The fraction of sp³-hybridized carbons (Fsp3) is 0.0500. The number of phenolic OH excluding ortho intramolecular Hbond substituents is 1. The van der Waals surface area contributed by atoms with E-state index in [-0.39, 0.29) is 22.0 Å². The van der Waals surface area contributed by atoms with Crippen molar-refractivity contribution in [3.63, 3.8) is 0 Å². The minimum absolute atomic E-state index is 0.0425. The Morgan fingerprint density at radius 2 is 1.84 bits per heavy atom. The van der Waals surface area contributed by atoms with E-state index in [0.717, 1.165) is 6.07 Å². The molecule has 0 saturated carbocycles. The molecule has 0 aliphatic rings. The van der Waals surface area contributed by atoms with Gasteiger partial charge in [-0.15, -0.1) is 0 Å². The first kappa shape index (κ1) is 22.8. The number of nitro benzene ring substituents is 1. The number of rotatable bonds is 8. The van der Waals surface area contributed by atoms with Crippen LogP contribution in [-0.2, 0) is 10.0 Å². The number of anilines is 2. The number of ether oxygens (including phenoxy) is 1. The predicted molar refractivity (Wildman–Crippen MR) is 121 cm³/mol. The highest BCUT2D eigenvalue weighted by atomic mass is 35.5. The molecule has 0 aliphatic carbocycles. The van der Waals surface area contributed by atoms with Crippen LogP contribution in [0.3, 0.4) is 0 Å². The molecular formula is C20H17ClN4O6S. The van der Waals surface area contributed by atoms with Crippen molar-refractivity contribution in [3.8, 4) is 11.5 Å². The van der Waals surface area contributed by atoms with Crippen LogP contribution in [0.15, 0.2) is 70.7 Å². The van der Waals surface area contributed by atoms with Gasteiger partial charge in [-0.2, -0.15) is 5.10 Å². The number of nitrogens with zero attached hydrogens (tertiary/aromatic N) is 2. The first-order valence-electron chi connectivity index (χ1n) is 8.92. The van der Waals surface area contributed by atoms with Crippen LogP contribution in [0.1, 0.15) is 5.56 Å². The van der Waals surface area contributed by atoms with E-state index in [2.05, 4.69) is 15.2 Å². The van der Waals surface area contributed by atoms with Crippen molar-refractivity contribution in [1.29, 1.82) is 0 Å².